The summed E-state index contributed by atoms with van der Waals surface area (Å²) >= 11 is 0. The van der Waals surface area contributed by atoms with E-state index in [0.29, 0.717) is 13.1 Å². The zero-order valence-electron chi connectivity index (χ0n) is 13.2. The Balaban J connectivity index is 1.74. The van der Waals surface area contributed by atoms with Gasteiger partial charge < -0.3 is 10.2 Å². The largest absolute Gasteiger partial charge is 0.344 e. The van der Waals surface area contributed by atoms with E-state index in [1.54, 1.807) is 11.1 Å². The molecule has 0 saturated heterocycles. The Hall–Kier alpha value is -2.20. The molecule has 2 rings (SSSR count). The fourth-order valence-corrected chi connectivity index (χ4v) is 2.19. The van der Waals surface area contributed by atoms with Gasteiger partial charge in [0.1, 0.15) is 0 Å². The number of likely N-dealkylation sites (N-methyl/N-ethyl adjacent to an activating group) is 1. The van der Waals surface area contributed by atoms with Crippen LogP contribution in [0.1, 0.15) is 24.2 Å². The second kappa shape index (κ2) is 8.29. The standard InChI is InChI=1S/C18H23N3O/c1-15(16-8-4-3-5-9-16)20-14-18(22)21(2)13-11-17-10-6-7-12-19-17/h3-10,12,15,20H,11,13-14H2,1-2H3. The molecule has 0 aliphatic rings. The van der Waals surface area contributed by atoms with Crippen molar-refractivity contribution in [3.05, 3.63) is 66.0 Å². The molecule has 1 heterocycles. The highest BCUT2D eigenvalue weighted by Crippen LogP contribution is 2.10. The van der Waals surface area contributed by atoms with Gasteiger partial charge in [-0.05, 0) is 24.6 Å². The third kappa shape index (κ3) is 4.97. The number of hydrogen-bond donors (Lipinski definition) is 1. The van der Waals surface area contributed by atoms with Crippen molar-refractivity contribution in [1.29, 1.82) is 0 Å². The summed E-state index contributed by atoms with van der Waals surface area (Å²) in [4.78, 5) is 18.2. The Bertz CT molecular complexity index is 571. The minimum atomic E-state index is 0.0960. The molecule has 0 spiro atoms. The number of amides is 1. The first-order chi connectivity index (χ1) is 10.7. The molecule has 0 radical (unpaired) electrons. The van der Waals surface area contributed by atoms with Gasteiger partial charge in [0, 0.05) is 37.9 Å². The molecule has 4 nitrogen and oxygen atoms in total. The van der Waals surface area contributed by atoms with E-state index in [1.165, 1.54) is 5.56 Å². The number of hydrogen-bond acceptors (Lipinski definition) is 3. The van der Waals surface area contributed by atoms with Crippen molar-refractivity contribution in [3.63, 3.8) is 0 Å². The van der Waals surface area contributed by atoms with Crippen molar-refractivity contribution in [1.82, 2.24) is 15.2 Å². The molecular weight excluding hydrogens is 274 g/mol. The van der Waals surface area contributed by atoms with Crippen molar-refractivity contribution >= 4 is 5.91 Å². The van der Waals surface area contributed by atoms with E-state index < -0.39 is 0 Å². The summed E-state index contributed by atoms with van der Waals surface area (Å²) < 4.78 is 0. The van der Waals surface area contributed by atoms with Gasteiger partial charge in [-0.3, -0.25) is 9.78 Å². The molecule has 0 fully saturated rings. The lowest BCUT2D eigenvalue weighted by atomic mass is 10.1. The maximum Gasteiger partial charge on any atom is 0.236 e. The first-order valence-corrected chi connectivity index (χ1v) is 7.59. The number of aromatic nitrogens is 1. The Kier molecular flexibility index (Phi) is 6.10. The number of carbonyl (C=O) groups excluding carboxylic acids is 1. The maximum atomic E-state index is 12.1. The van der Waals surface area contributed by atoms with Gasteiger partial charge in [0.25, 0.3) is 0 Å². The number of rotatable bonds is 7. The van der Waals surface area contributed by atoms with Gasteiger partial charge in [-0.2, -0.15) is 0 Å². The van der Waals surface area contributed by atoms with Gasteiger partial charge in [-0.1, -0.05) is 36.4 Å². The Labute approximate surface area is 132 Å². The van der Waals surface area contributed by atoms with Crippen LogP contribution in [0.4, 0.5) is 0 Å². The van der Waals surface area contributed by atoms with Crippen LogP contribution in [0.25, 0.3) is 0 Å². The van der Waals surface area contributed by atoms with Crippen molar-refractivity contribution in [3.8, 4) is 0 Å². The normalized spacial score (nSPS) is 11.9. The molecule has 1 aromatic heterocycles. The lowest BCUT2D eigenvalue weighted by molar-refractivity contribution is -0.129. The molecule has 1 aromatic carbocycles. The average Bonchev–Trinajstić information content (AvgIpc) is 2.58. The minimum absolute atomic E-state index is 0.0960. The van der Waals surface area contributed by atoms with Gasteiger partial charge in [0.15, 0.2) is 0 Å². The lowest BCUT2D eigenvalue weighted by Gasteiger charge is -2.19. The highest BCUT2D eigenvalue weighted by molar-refractivity contribution is 5.78. The van der Waals surface area contributed by atoms with Crippen LogP contribution >= 0.6 is 0 Å². The van der Waals surface area contributed by atoms with Gasteiger partial charge in [0.05, 0.1) is 6.54 Å². The van der Waals surface area contributed by atoms with Gasteiger partial charge in [-0.25, -0.2) is 0 Å². The van der Waals surface area contributed by atoms with Crippen LogP contribution in [0, 0.1) is 0 Å². The zero-order chi connectivity index (χ0) is 15.8. The number of nitrogens with zero attached hydrogens (tertiary/aromatic N) is 2. The van der Waals surface area contributed by atoms with Crippen molar-refractivity contribution in [2.45, 2.75) is 19.4 Å². The first kappa shape index (κ1) is 16.2. The van der Waals surface area contributed by atoms with E-state index in [4.69, 9.17) is 0 Å². The Morgan fingerprint density at radius 3 is 2.59 bits per heavy atom. The molecule has 0 bridgehead atoms. The summed E-state index contributed by atoms with van der Waals surface area (Å²) in [6, 6.07) is 16.1. The predicted molar refractivity (Wildman–Crippen MR) is 88.4 cm³/mol. The van der Waals surface area contributed by atoms with Gasteiger partial charge >= 0.3 is 0 Å². The van der Waals surface area contributed by atoms with Gasteiger partial charge in [-0.15, -0.1) is 0 Å². The molecule has 0 aliphatic heterocycles. The molecule has 4 heteroatoms. The van der Waals surface area contributed by atoms with Crippen LogP contribution in [0.2, 0.25) is 0 Å². The number of carbonyl (C=O) groups is 1. The topological polar surface area (TPSA) is 45.2 Å². The molecular formula is C18H23N3O. The average molecular weight is 297 g/mol. The smallest absolute Gasteiger partial charge is 0.236 e. The van der Waals surface area contributed by atoms with E-state index in [-0.39, 0.29) is 11.9 Å². The van der Waals surface area contributed by atoms with Crippen molar-refractivity contribution in [2.75, 3.05) is 20.1 Å². The molecule has 2 aromatic rings. The summed E-state index contributed by atoms with van der Waals surface area (Å²) in [5.41, 5.74) is 2.19. The summed E-state index contributed by atoms with van der Waals surface area (Å²) in [6.07, 6.45) is 2.55. The molecule has 1 unspecified atom stereocenters. The number of benzene rings is 1. The molecule has 0 saturated carbocycles. The van der Waals surface area contributed by atoms with E-state index in [0.717, 1.165) is 12.1 Å². The van der Waals surface area contributed by atoms with Crippen LogP contribution in [0.5, 0.6) is 0 Å². The lowest BCUT2D eigenvalue weighted by Crippen LogP contribution is -2.37. The fourth-order valence-electron chi connectivity index (χ4n) is 2.19. The molecule has 22 heavy (non-hydrogen) atoms. The molecule has 116 valence electrons. The van der Waals surface area contributed by atoms with Crippen molar-refractivity contribution < 1.29 is 4.79 Å². The van der Waals surface area contributed by atoms with Crippen LogP contribution in [-0.2, 0) is 11.2 Å². The number of nitrogens with one attached hydrogen (secondary N) is 1. The fraction of sp³-hybridized carbons (Fsp3) is 0.333. The van der Waals surface area contributed by atoms with Crippen LogP contribution in [0.15, 0.2) is 54.7 Å². The molecule has 1 amide bonds. The third-order valence-electron chi connectivity index (χ3n) is 3.71. The zero-order valence-corrected chi connectivity index (χ0v) is 13.2. The Morgan fingerprint density at radius 1 is 1.18 bits per heavy atom. The SMILES string of the molecule is CC(NCC(=O)N(C)CCc1ccccn1)c1ccccc1. The van der Waals surface area contributed by atoms with Gasteiger partial charge in [0.2, 0.25) is 5.91 Å². The molecule has 1 N–H and O–H groups in total. The quantitative estimate of drug-likeness (QED) is 0.854. The van der Waals surface area contributed by atoms with Crippen LogP contribution in [-0.4, -0.2) is 35.9 Å². The van der Waals surface area contributed by atoms with E-state index in [9.17, 15) is 4.79 Å². The minimum Gasteiger partial charge on any atom is -0.344 e. The van der Waals surface area contributed by atoms with E-state index >= 15 is 0 Å². The third-order valence-corrected chi connectivity index (χ3v) is 3.71. The van der Waals surface area contributed by atoms with E-state index in [1.807, 2.05) is 43.4 Å². The first-order valence-electron chi connectivity index (χ1n) is 7.59. The molecule has 0 aliphatic carbocycles. The molecule has 1 atom stereocenters. The second-order valence-electron chi connectivity index (χ2n) is 5.40. The maximum absolute atomic E-state index is 12.1. The highest BCUT2D eigenvalue weighted by atomic mass is 16.2. The van der Waals surface area contributed by atoms with Crippen LogP contribution < -0.4 is 5.32 Å². The number of pyridine rings is 1. The van der Waals surface area contributed by atoms with Crippen molar-refractivity contribution in [2.24, 2.45) is 0 Å². The summed E-state index contributed by atoms with van der Waals surface area (Å²) in [5.74, 6) is 0.0960. The monoisotopic (exact) mass is 297 g/mol. The summed E-state index contributed by atoms with van der Waals surface area (Å²) in [5, 5.41) is 3.27. The summed E-state index contributed by atoms with van der Waals surface area (Å²) in [7, 11) is 1.83. The van der Waals surface area contributed by atoms with Crippen LogP contribution in [0.3, 0.4) is 0 Å². The summed E-state index contributed by atoms with van der Waals surface area (Å²) in [6.45, 7) is 3.09. The Morgan fingerprint density at radius 2 is 1.91 bits per heavy atom. The second-order valence-corrected chi connectivity index (χ2v) is 5.40. The predicted octanol–water partition coefficient (Wildman–Crippen LogP) is 2.43. The highest BCUT2D eigenvalue weighted by Gasteiger charge is 2.11. The van der Waals surface area contributed by atoms with E-state index in [2.05, 4.69) is 29.4 Å².